The Morgan fingerprint density at radius 2 is 2.16 bits per heavy atom. The summed E-state index contributed by atoms with van der Waals surface area (Å²) in [5, 5.41) is 12.0. The van der Waals surface area contributed by atoms with Crippen molar-refractivity contribution in [2.45, 2.75) is 44.6 Å². The van der Waals surface area contributed by atoms with Gasteiger partial charge in [0.25, 0.3) is 11.8 Å². The number of aromatic nitrogens is 1. The minimum atomic E-state index is -3.10. The van der Waals surface area contributed by atoms with Gasteiger partial charge in [-0.2, -0.15) is 5.26 Å². The molecule has 0 aliphatic carbocycles. The summed E-state index contributed by atoms with van der Waals surface area (Å²) in [4.78, 5) is 30.1. The van der Waals surface area contributed by atoms with Crippen molar-refractivity contribution >= 4 is 22.7 Å². The molecule has 1 atom stereocenters. The van der Waals surface area contributed by atoms with Crippen LogP contribution < -0.4 is 10.1 Å². The van der Waals surface area contributed by atoms with E-state index < -0.39 is 43.3 Å². The summed E-state index contributed by atoms with van der Waals surface area (Å²) in [5.74, 6) is -3.76. The van der Waals surface area contributed by atoms with E-state index in [1.54, 1.807) is 24.3 Å². The number of nitrogens with zero attached hydrogens (tertiary/aromatic N) is 3. The number of halogens is 2. The van der Waals surface area contributed by atoms with Crippen LogP contribution in [0.15, 0.2) is 30.5 Å². The number of nitrogens with one attached hydrogen (secondary N) is 1. The quantitative estimate of drug-likeness (QED) is 0.649. The zero-order chi connectivity index (χ0) is 22.4. The standard InChI is InChI=1S/C22H24F2N4O3/c1-2-3-4-9-31-16-5-6-19-18(10-16)17(7-8-26-19)21(30)27-13-20(29)28-14-22(23,24)11-15(28)12-25/h5-8,10,15H,2-4,9,11,13-14H2,1H3,(H,27,30)/t15-/m1/s1. The third kappa shape index (κ3) is 5.45. The van der Waals surface area contributed by atoms with E-state index in [9.17, 15) is 18.4 Å². The highest BCUT2D eigenvalue weighted by Crippen LogP contribution is 2.31. The molecule has 164 valence electrons. The molecule has 1 aromatic carbocycles. The van der Waals surface area contributed by atoms with E-state index in [0.29, 0.717) is 28.8 Å². The number of carbonyl (C=O) groups excluding carboxylic acids is 2. The second-order valence-corrected chi connectivity index (χ2v) is 7.50. The van der Waals surface area contributed by atoms with E-state index in [1.165, 1.54) is 12.3 Å². The van der Waals surface area contributed by atoms with Crippen LogP contribution in [0.25, 0.3) is 10.9 Å². The van der Waals surface area contributed by atoms with Crippen LogP contribution in [0.3, 0.4) is 0 Å². The van der Waals surface area contributed by atoms with Crippen LogP contribution in [0.5, 0.6) is 5.75 Å². The van der Waals surface area contributed by atoms with Crippen molar-refractivity contribution in [3.8, 4) is 11.8 Å². The first-order chi connectivity index (χ1) is 14.8. The summed E-state index contributed by atoms with van der Waals surface area (Å²) in [6, 6.07) is 7.28. The summed E-state index contributed by atoms with van der Waals surface area (Å²) in [5.41, 5.74) is 0.879. The van der Waals surface area contributed by atoms with Gasteiger partial charge < -0.3 is 15.0 Å². The molecule has 0 radical (unpaired) electrons. The first-order valence-corrected chi connectivity index (χ1v) is 10.2. The number of unbranched alkanes of at least 4 members (excludes halogenated alkanes) is 2. The van der Waals surface area contributed by atoms with Crippen molar-refractivity contribution in [3.63, 3.8) is 0 Å². The van der Waals surface area contributed by atoms with Gasteiger partial charge in [0.15, 0.2) is 0 Å². The van der Waals surface area contributed by atoms with E-state index in [2.05, 4.69) is 17.2 Å². The second kappa shape index (κ2) is 9.69. The normalized spacial score (nSPS) is 17.4. The molecule has 9 heteroatoms. The van der Waals surface area contributed by atoms with Crippen molar-refractivity contribution in [2.24, 2.45) is 0 Å². The molecule has 0 unspecified atom stereocenters. The Kier molecular flexibility index (Phi) is 7.00. The minimum absolute atomic E-state index is 0.292. The lowest BCUT2D eigenvalue weighted by molar-refractivity contribution is -0.131. The fraction of sp³-hybridized carbons (Fsp3) is 0.455. The van der Waals surface area contributed by atoms with Crippen molar-refractivity contribution in [2.75, 3.05) is 19.7 Å². The molecule has 1 fully saturated rings. The Morgan fingerprint density at radius 3 is 2.90 bits per heavy atom. The van der Waals surface area contributed by atoms with Gasteiger partial charge in [-0.25, -0.2) is 8.78 Å². The predicted octanol–water partition coefficient (Wildman–Crippen LogP) is 3.29. The first-order valence-electron chi connectivity index (χ1n) is 10.2. The van der Waals surface area contributed by atoms with E-state index in [0.717, 1.165) is 24.2 Å². The largest absolute Gasteiger partial charge is 0.494 e. The molecule has 2 heterocycles. The number of rotatable bonds is 8. The van der Waals surface area contributed by atoms with Gasteiger partial charge >= 0.3 is 0 Å². The molecule has 3 rings (SSSR count). The molecule has 2 amide bonds. The van der Waals surface area contributed by atoms with Crippen molar-refractivity contribution < 1.29 is 23.1 Å². The molecule has 0 bridgehead atoms. The van der Waals surface area contributed by atoms with Gasteiger partial charge in [-0.3, -0.25) is 14.6 Å². The summed E-state index contributed by atoms with van der Waals surface area (Å²) >= 11 is 0. The topological polar surface area (TPSA) is 95.3 Å². The zero-order valence-electron chi connectivity index (χ0n) is 17.2. The third-order valence-electron chi connectivity index (χ3n) is 5.11. The Labute approximate surface area is 179 Å². The van der Waals surface area contributed by atoms with Gasteiger partial charge in [0, 0.05) is 18.0 Å². The van der Waals surface area contributed by atoms with E-state index in [1.807, 2.05) is 0 Å². The fourth-order valence-corrected chi connectivity index (χ4v) is 3.50. The van der Waals surface area contributed by atoms with Crippen LogP contribution in [0, 0.1) is 11.3 Å². The van der Waals surface area contributed by atoms with Crippen LogP contribution in [-0.4, -0.2) is 53.4 Å². The number of hydrogen-bond acceptors (Lipinski definition) is 5. The molecule has 0 spiro atoms. The van der Waals surface area contributed by atoms with Crippen LogP contribution in [0.1, 0.15) is 43.0 Å². The number of likely N-dealkylation sites (tertiary alicyclic amines) is 1. The van der Waals surface area contributed by atoms with Crippen molar-refractivity contribution in [3.05, 3.63) is 36.0 Å². The molecule has 1 aliphatic rings. The second-order valence-electron chi connectivity index (χ2n) is 7.50. The number of carbonyl (C=O) groups is 2. The zero-order valence-corrected chi connectivity index (χ0v) is 17.2. The Morgan fingerprint density at radius 1 is 1.35 bits per heavy atom. The van der Waals surface area contributed by atoms with Gasteiger partial charge in [-0.15, -0.1) is 0 Å². The lowest BCUT2D eigenvalue weighted by atomic mass is 10.1. The fourth-order valence-electron chi connectivity index (χ4n) is 3.50. The molecule has 1 saturated heterocycles. The lowest BCUT2D eigenvalue weighted by Gasteiger charge is -2.19. The minimum Gasteiger partial charge on any atom is -0.494 e. The Bertz CT molecular complexity index is 1010. The average molecular weight is 430 g/mol. The highest BCUT2D eigenvalue weighted by Gasteiger charge is 2.47. The number of amides is 2. The van der Waals surface area contributed by atoms with Crippen LogP contribution in [-0.2, 0) is 4.79 Å². The maximum absolute atomic E-state index is 13.5. The third-order valence-corrected chi connectivity index (χ3v) is 5.11. The Balaban J connectivity index is 1.69. The number of nitriles is 1. The summed E-state index contributed by atoms with van der Waals surface area (Å²) < 4.78 is 32.8. The van der Waals surface area contributed by atoms with Gasteiger partial charge in [-0.1, -0.05) is 19.8 Å². The van der Waals surface area contributed by atoms with Crippen LogP contribution in [0.2, 0.25) is 0 Å². The Hall–Kier alpha value is -3.28. The van der Waals surface area contributed by atoms with Gasteiger partial charge in [0.1, 0.15) is 11.8 Å². The summed E-state index contributed by atoms with van der Waals surface area (Å²) in [6.45, 7) is 1.37. The van der Waals surface area contributed by atoms with Crippen LogP contribution >= 0.6 is 0 Å². The molecule has 2 aromatic rings. The number of alkyl halides is 2. The molecule has 1 N–H and O–H groups in total. The number of ether oxygens (including phenoxy) is 1. The van der Waals surface area contributed by atoms with Gasteiger partial charge in [0.2, 0.25) is 5.91 Å². The van der Waals surface area contributed by atoms with E-state index in [-0.39, 0.29) is 0 Å². The molecule has 0 saturated carbocycles. The highest BCUT2D eigenvalue weighted by molar-refractivity contribution is 6.07. The number of benzene rings is 1. The van der Waals surface area contributed by atoms with Gasteiger partial charge in [-0.05, 0) is 30.7 Å². The SMILES string of the molecule is CCCCCOc1ccc2nccc(C(=O)NCC(=O)N3CC(F)(F)C[C@@H]3C#N)c2c1. The average Bonchev–Trinajstić information content (AvgIpc) is 3.09. The smallest absolute Gasteiger partial charge is 0.268 e. The molecule has 31 heavy (non-hydrogen) atoms. The highest BCUT2D eigenvalue weighted by atomic mass is 19.3. The molecular weight excluding hydrogens is 406 g/mol. The molecular formula is C22H24F2N4O3. The number of hydrogen-bond donors (Lipinski definition) is 1. The van der Waals surface area contributed by atoms with Crippen LogP contribution in [0.4, 0.5) is 8.78 Å². The van der Waals surface area contributed by atoms with E-state index in [4.69, 9.17) is 10.00 Å². The maximum atomic E-state index is 13.5. The van der Waals surface area contributed by atoms with Crippen molar-refractivity contribution in [1.82, 2.24) is 15.2 Å². The molecule has 7 nitrogen and oxygen atoms in total. The lowest BCUT2D eigenvalue weighted by Crippen LogP contribution is -2.43. The molecule has 1 aromatic heterocycles. The first kappa shape index (κ1) is 22.4. The monoisotopic (exact) mass is 430 g/mol. The number of fused-ring (bicyclic) bond motifs is 1. The predicted molar refractivity (Wildman–Crippen MR) is 110 cm³/mol. The van der Waals surface area contributed by atoms with Crippen molar-refractivity contribution in [1.29, 1.82) is 5.26 Å². The maximum Gasteiger partial charge on any atom is 0.268 e. The summed E-state index contributed by atoms with van der Waals surface area (Å²) in [6.07, 6.45) is 3.85. The van der Waals surface area contributed by atoms with E-state index >= 15 is 0 Å². The summed E-state index contributed by atoms with van der Waals surface area (Å²) in [7, 11) is 0. The molecule has 1 aliphatic heterocycles. The number of pyridine rings is 1. The van der Waals surface area contributed by atoms with Gasteiger partial charge in [0.05, 0.1) is 36.8 Å².